The molecule has 0 aromatic rings. The molecule has 2 unspecified atom stereocenters. The first-order valence-corrected chi connectivity index (χ1v) is 6.90. The predicted octanol–water partition coefficient (Wildman–Crippen LogP) is 3.95. The van der Waals surface area contributed by atoms with Crippen LogP contribution in [0.2, 0.25) is 0 Å². The van der Waals surface area contributed by atoms with Crippen LogP contribution in [0.5, 0.6) is 0 Å². The number of carbonyl (C=O) groups is 1. The lowest BCUT2D eigenvalue weighted by Gasteiger charge is -2.34. The minimum atomic E-state index is -0.438. The van der Waals surface area contributed by atoms with Gasteiger partial charge in [0.2, 0.25) is 0 Å². The van der Waals surface area contributed by atoms with Gasteiger partial charge in [-0.25, -0.2) is 0 Å². The molecule has 0 fully saturated rings. The fraction of sp³-hybridized carbons (Fsp3) is 0.933. The highest BCUT2D eigenvalue weighted by Gasteiger charge is 2.31. The molecule has 0 rings (SSSR count). The van der Waals surface area contributed by atoms with Gasteiger partial charge in [0.15, 0.2) is 0 Å². The Hall–Kier alpha value is -0.570. The van der Waals surface area contributed by atoms with E-state index in [1.54, 1.807) is 0 Å². The predicted molar refractivity (Wildman–Crippen MR) is 74.5 cm³/mol. The van der Waals surface area contributed by atoms with Gasteiger partial charge in [0.05, 0.1) is 17.6 Å². The summed E-state index contributed by atoms with van der Waals surface area (Å²) in [7, 11) is 0. The van der Waals surface area contributed by atoms with Gasteiger partial charge in [-0.15, -0.1) is 0 Å². The molecule has 0 saturated carbocycles. The highest BCUT2D eigenvalue weighted by Crippen LogP contribution is 2.26. The summed E-state index contributed by atoms with van der Waals surface area (Å²) in [4.78, 5) is 11.7. The van der Waals surface area contributed by atoms with Gasteiger partial charge in [-0.3, -0.25) is 4.79 Å². The second-order valence-corrected chi connectivity index (χ2v) is 6.62. The van der Waals surface area contributed by atoms with Crippen molar-refractivity contribution in [1.29, 1.82) is 0 Å². The number of hydrogen-bond acceptors (Lipinski definition) is 3. The van der Waals surface area contributed by atoms with Crippen molar-refractivity contribution < 1.29 is 14.3 Å². The van der Waals surface area contributed by atoms with E-state index in [1.165, 1.54) is 0 Å². The molecule has 3 nitrogen and oxygen atoms in total. The van der Waals surface area contributed by atoms with Crippen LogP contribution in [0.25, 0.3) is 0 Å². The van der Waals surface area contributed by atoms with E-state index >= 15 is 0 Å². The lowest BCUT2D eigenvalue weighted by molar-refractivity contribution is -0.168. The lowest BCUT2D eigenvalue weighted by Crippen LogP contribution is -2.38. The molecular formula is C15H30O3. The highest BCUT2D eigenvalue weighted by atomic mass is 16.6. The standard InChI is InChI=1S/C15H30O3/c1-9-15(8,18-13(16)11(2)3)10-12(4)17-14(5,6)7/h11-12H,9-10H2,1-8H3. The third-order valence-electron chi connectivity index (χ3n) is 2.84. The van der Waals surface area contributed by atoms with E-state index in [9.17, 15) is 4.79 Å². The van der Waals surface area contributed by atoms with Crippen LogP contribution in [0, 0.1) is 5.92 Å². The number of ether oxygens (including phenoxy) is 2. The van der Waals surface area contributed by atoms with Crippen LogP contribution in [0.4, 0.5) is 0 Å². The molecule has 0 N–H and O–H groups in total. The van der Waals surface area contributed by atoms with Crippen molar-refractivity contribution in [2.45, 2.75) is 85.5 Å². The van der Waals surface area contributed by atoms with Crippen molar-refractivity contribution in [3.05, 3.63) is 0 Å². The van der Waals surface area contributed by atoms with Gasteiger partial charge in [-0.1, -0.05) is 20.8 Å². The van der Waals surface area contributed by atoms with E-state index in [0.717, 1.165) is 12.8 Å². The fourth-order valence-corrected chi connectivity index (χ4v) is 1.87. The van der Waals surface area contributed by atoms with E-state index in [0.29, 0.717) is 0 Å². The first-order valence-electron chi connectivity index (χ1n) is 6.90. The number of carbonyl (C=O) groups excluding carboxylic acids is 1. The summed E-state index contributed by atoms with van der Waals surface area (Å²) in [5.41, 5.74) is -0.609. The van der Waals surface area contributed by atoms with Gasteiger partial charge in [-0.2, -0.15) is 0 Å². The molecule has 0 radical (unpaired) electrons. The summed E-state index contributed by atoms with van der Waals surface area (Å²) in [5.74, 6) is -0.225. The quantitative estimate of drug-likeness (QED) is 0.677. The maximum atomic E-state index is 11.7. The smallest absolute Gasteiger partial charge is 0.308 e. The van der Waals surface area contributed by atoms with Crippen LogP contribution in [0.3, 0.4) is 0 Å². The number of rotatable bonds is 6. The zero-order valence-corrected chi connectivity index (χ0v) is 13.3. The first-order chi connectivity index (χ1) is 7.99. The third-order valence-corrected chi connectivity index (χ3v) is 2.84. The van der Waals surface area contributed by atoms with Gasteiger partial charge in [0.25, 0.3) is 0 Å². The minimum Gasteiger partial charge on any atom is -0.459 e. The second-order valence-electron chi connectivity index (χ2n) is 6.62. The fourth-order valence-electron chi connectivity index (χ4n) is 1.87. The average molecular weight is 258 g/mol. The molecule has 3 heteroatoms. The van der Waals surface area contributed by atoms with Crippen molar-refractivity contribution in [3.8, 4) is 0 Å². The molecule has 0 aliphatic rings. The van der Waals surface area contributed by atoms with Crippen LogP contribution in [-0.2, 0) is 14.3 Å². The lowest BCUT2D eigenvalue weighted by atomic mass is 9.95. The molecule has 18 heavy (non-hydrogen) atoms. The summed E-state index contributed by atoms with van der Waals surface area (Å²) < 4.78 is 11.5. The van der Waals surface area contributed by atoms with E-state index in [-0.39, 0.29) is 23.6 Å². The SMILES string of the molecule is CCC(C)(CC(C)OC(C)(C)C)OC(=O)C(C)C. The Bertz CT molecular complexity index is 265. The van der Waals surface area contributed by atoms with Crippen molar-refractivity contribution in [2.75, 3.05) is 0 Å². The van der Waals surface area contributed by atoms with Crippen LogP contribution in [0.1, 0.15) is 68.2 Å². The maximum Gasteiger partial charge on any atom is 0.308 e. The highest BCUT2D eigenvalue weighted by molar-refractivity contribution is 5.72. The molecule has 0 aromatic carbocycles. The third kappa shape index (κ3) is 7.00. The molecule has 0 aliphatic heterocycles. The summed E-state index contributed by atoms with van der Waals surface area (Å²) in [6.45, 7) is 15.9. The van der Waals surface area contributed by atoms with Gasteiger partial charge >= 0.3 is 5.97 Å². The molecular weight excluding hydrogens is 228 g/mol. The summed E-state index contributed by atoms with van der Waals surface area (Å²) in [5, 5.41) is 0. The summed E-state index contributed by atoms with van der Waals surface area (Å²) in [6, 6.07) is 0. The molecule has 0 aromatic heterocycles. The zero-order valence-electron chi connectivity index (χ0n) is 13.3. The number of esters is 1. The Labute approximate surface area is 112 Å². The van der Waals surface area contributed by atoms with Crippen LogP contribution in [-0.4, -0.2) is 23.3 Å². The Morgan fingerprint density at radius 1 is 1.11 bits per heavy atom. The molecule has 0 amide bonds. The Kier molecular flexibility index (Phi) is 6.35. The van der Waals surface area contributed by atoms with Gasteiger partial charge in [-0.05, 0) is 41.0 Å². The van der Waals surface area contributed by atoms with Crippen molar-refractivity contribution >= 4 is 5.97 Å². The molecule has 0 aliphatic carbocycles. The molecule has 2 atom stereocenters. The molecule has 0 bridgehead atoms. The van der Waals surface area contributed by atoms with Gasteiger partial charge in [0.1, 0.15) is 5.60 Å². The molecule has 108 valence electrons. The minimum absolute atomic E-state index is 0.0647. The maximum absolute atomic E-state index is 11.7. The molecule has 0 saturated heterocycles. The van der Waals surface area contributed by atoms with Gasteiger partial charge < -0.3 is 9.47 Å². The van der Waals surface area contributed by atoms with Gasteiger partial charge in [0, 0.05) is 6.42 Å². The van der Waals surface area contributed by atoms with E-state index in [1.807, 2.05) is 55.4 Å². The summed E-state index contributed by atoms with van der Waals surface area (Å²) in [6.07, 6.45) is 1.58. The Morgan fingerprint density at radius 2 is 1.61 bits per heavy atom. The molecule has 0 heterocycles. The van der Waals surface area contributed by atoms with E-state index in [4.69, 9.17) is 9.47 Å². The molecule has 0 spiro atoms. The normalized spacial score (nSPS) is 17.4. The zero-order chi connectivity index (χ0) is 14.6. The van der Waals surface area contributed by atoms with E-state index in [2.05, 4.69) is 0 Å². The van der Waals surface area contributed by atoms with Crippen LogP contribution >= 0.6 is 0 Å². The second kappa shape index (κ2) is 6.55. The van der Waals surface area contributed by atoms with Crippen LogP contribution < -0.4 is 0 Å². The monoisotopic (exact) mass is 258 g/mol. The van der Waals surface area contributed by atoms with Crippen molar-refractivity contribution in [1.82, 2.24) is 0 Å². The Balaban J connectivity index is 4.52. The average Bonchev–Trinajstić information content (AvgIpc) is 2.13. The largest absolute Gasteiger partial charge is 0.459 e. The summed E-state index contributed by atoms with van der Waals surface area (Å²) >= 11 is 0. The van der Waals surface area contributed by atoms with Crippen LogP contribution in [0.15, 0.2) is 0 Å². The Morgan fingerprint density at radius 3 is 1.94 bits per heavy atom. The first kappa shape index (κ1) is 17.4. The van der Waals surface area contributed by atoms with E-state index < -0.39 is 5.60 Å². The van der Waals surface area contributed by atoms with Crippen molar-refractivity contribution in [3.63, 3.8) is 0 Å². The topological polar surface area (TPSA) is 35.5 Å². The number of hydrogen-bond donors (Lipinski definition) is 0. The van der Waals surface area contributed by atoms with Crippen molar-refractivity contribution in [2.24, 2.45) is 5.92 Å².